The lowest BCUT2D eigenvalue weighted by Crippen LogP contribution is -2.17. The van der Waals surface area contributed by atoms with Gasteiger partial charge in [-0.05, 0) is 73.3 Å². The van der Waals surface area contributed by atoms with Gasteiger partial charge in [-0.1, -0.05) is 36.8 Å². The van der Waals surface area contributed by atoms with E-state index in [9.17, 15) is 0 Å². The molecule has 2 aromatic carbocycles. The Morgan fingerprint density at radius 2 is 1.83 bits per heavy atom. The van der Waals surface area contributed by atoms with E-state index in [-0.39, 0.29) is 0 Å². The predicted molar refractivity (Wildman–Crippen MR) is 97.2 cm³/mol. The van der Waals surface area contributed by atoms with Crippen molar-refractivity contribution >= 4 is 0 Å². The standard InChI is InChI=1S/C22H26O2/c1-15-3-5-18-6-4-17(13-20(18)11-15)12-16(2)19-7-8-21-22(14-19)24-10-9-23-21/h3,5,7-8,11,14,16-17H,4,6,9-10,12-13H2,1-2H3. The lowest BCUT2D eigenvalue weighted by atomic mass is 9.78. The van der Waals surface area contributed by atoms with Gasteiger partial charge in [-0.2, -0.15) is 0 Å². The van der Waals surface area contributed by atoms with Crippen molar-refractivity contribution < 1.29 is 9.47 Å². The second-order valence-corrected chi connectivity index (χ2v) is 7.42. The third-order valence-electron chi connectivity index (χ3n) is 5.51. The van der Waals surface area contributed by atoms with Crippen LogP contribution in [-0.2, 0) is 12.8 Å². The number of benzene rings is 2. The molecule has 4 rings (SSSR count). The van der Waals surface area contributed by atoms with Gasteiger partial charge < -0.3 is 9.47 Å². The number of hydrogen-bond acceptors (Lipinski definition) is 2. The molecule has 24 heavy (non-hydrogen) atoms. The van der Waals surface area contributed by atoms with Crippen LogP contribution in [0.2, 0.25) is 0 Å². The molecule has 0 spiro atoms. The van der Waals surface area contributed by atoms with Crippen LogP contribution in [0, 0.1) is 12.8 Å². The zero-order chi connectivity index (χ0) is 16.5. The molecule has 2 heteroatoms. The van der Waals surface area contributed by atoms with Gasteiger partial charge in [0.1, 0.15) is 13.2 Å². The quantitative estimate of drug-likeness (QED) is 0.786. The Hall–Kier alpha value is -1.96. The van der Waals surface area contributed by atoms with Crippen LogP contribution in [0.5, 0.6) is 11.5 Å². The van der Waals surface area contributed by atoms with Crippen molar-refractivity contribution in [3.8, 4) is 11.5 Å². The largest absolute Gasteiger partial charge is 0.486 e. The Kier molecular flexibility index (Phi) is 4.22. The molecule has 1 heterocycles. The maximum absolute atomic E-state index is 5.74. The van der Waals surface area contributed by atoms with Gasteiger partial charge in [0.15, 0.2) is 11.5 Å². The Labute approximate surface area is 144 Å². The van der Waals surface area contributed by atoms with E-state index in [1.54, 1.807) is 11.1 Å². The first-order valence-corrected chi connectivity index (χ1v) is 9.17. The molecule has 0 aromatic heterocycles. The van der Waals surface area contributed by atoms with Gasteiger partial charge in [-0.25, -0.2) is 0 Å². The zero-order valence-electron chi connectivity index (χ0n) is 14.7. The Bertz CT molecular complexity index is 735. The molecule has 0 N–H and O–H groups in total. The molecular formula is C22H26O2. The fourth-order valence-electron chi connectivity index (χ4n) is 4.17. The van der Waals surface area contributed by atoms with Gasteiger partial charge in [0.25, 0.3) is 0 Å². The van der Waals surface area contributed by atoms with Gasteiger partial charge in [0, 0.05) is 0 Å². The molecular weight excluding hydrogens is 296 g/mol. The first kappa shape index (κ1) is 15.6. The average Bonchev–Trinajstić information content (AvgIpc) is 2.61. The van der Waals surface area contributed by atoms with Gasteiger partial charge >= 0.3 is 0 Å². The highest BCUT2D eigenvalue weighted by Crippen LogP contribution is 2.37. The molecule has 2 atom stereocenters. The second kappa shape index (κ2) is 6.51. The molecule has 2 aromatic rings. The van der Waals surface area contributed by atoms with E-state index in [0.717, 1.165) is 17.4 Å². The lowest BCUT2D eigenvalue weighted by Gasteiger charge is -2.28. The third-order valence-corrected chi connectivity index (χ3v) is 5.51. The Morgan fingerprint density at radius 1 is 1.00 bits per heavy atom. The van der Waals surface area contributed by atoms with Crippen molar-refractivity contribution in [2.45, 2.75) is 45.4 Å². The molecule has 2 aliphatic rings. The Morgan fingerprint density at radius 3 is 2.71 bits per heavy atom. The van der Waals surface area contributed by atoms with Crippen LogP contribution in [0.3, 0.4) is 0 Å². The van der Waals surface area contributed by atoms with Crippen molar-refractivity contribution in [3.63, 3.8) is 0 Å². The fraction of sp³-hybridized carbons (Fsp3) is 0.455. The van der Waals surface area contributed by atoms with Crippen LogP contribution in [0.25, 0.3) is 0 Å². The van der Waals surface area contributed by atoms with E-state index in [4.69, 9.17) is 9.47 Å². The highest BCUT2D eigenvalue weighted by molar-refractivity contribution is 5.44. The van der Waals surface area contributed by atoms with Crippen LogP contribution in [0.15, 0.2) is 36.4 Å². The van der Waals surface area contributed by atoms with Crippen LogP contribution < -0.4 is 9.47 Å². The molecule has 0 radical (unpaired) electrons. The summed E-state index contributed by atoms with van der Waals surface area (Å²) in [4.78, 5) is 0. The van der Waals surface area contributed by atoms with Crippen molar-refractivity contribution in [2.24, 2.45) is 5.92 Å². The molecule has 2 nitrogen and oxygen atoms in total. The van der Waals surface area contributed by atoms with Gasteiger partial charge in [0.2, 0.25) is 0 Å². The minimum Gasteiger partial charge on any atom is -0.486 e. The Balaban J connectivity index is 1.46. The summed E-state index contributed by atoms with van der Waals surface area (Å²) >= 11 is 0. The van der Waals surface area contributed by atoms with Gasteiger partial charge in [0.05, 0.1) is 0 Å². The summed E-state index contributed by atoms with van der Waals surface area (Å²) in [5.41, 5.74) is 5.88. The monoisotopic (exact) mass is 322 g/mol. The molecule has 0 amide bonds. The topological polar surface area (TPSA) is 18.5 Å². The molecule has 1 aliphatic heterocycles. The minimum absolute atomic E-state index is 0.553. The number of hydrogen-bond donors (Lipinski definition) is 0. The summed E-state index contributed by atoms with van der Waals surface area (Å²) in [6.07, 6.45) is 5.01. The summed E-state index contributed by atoms with van der Waals surface area (Å²) in [5, 5.41) is 0. The van der Waals surface area contributed by atoms with Crippen molar-refractivity contribution in [1.29, 1.82) is 0 Å². The van der Waals surface area contributed by atoms with Crippen LogP contribution in [-0.4, -0.2) is 13.2 Å². The van der Waals surface area contributed by atoms with E-state index < -0.39 is 0 Å². The first-order valence-electron chi connectivity index (χ1n) is 9.17. The molecule has 126 valence electrons. The van der Waals surface area contributed by atoms with Gasteiger partial charge in [-0.15, -0.1) is 0 Å². The molecule has 2 unspecified atom stereocenters. The summed E-state index contributed by atoms with van der Waals surface area (Å²) in [6, 6.07) is 13.4. The molecule has 0 saturated carbocycles. The van der Waals surface area contributed by atoms with Crippen LogP contribution in [0.1, 0.15) is 47.9 Å². The van der Waals surface area contributed by atoms with Crippen LogP contribution >= 0.6 is 0 Å². The number of ether oxygens (including phenoxy) is 2. The summed E-state index contributed by atoms with van der Waals surface area (Å²) in [6.45, 7) is 5.85. The minimum atomic E-state index is 0.553. The highest BCUT2D eigenvalue weighted by atomic mass is 16.6. The lowest BCUT2D eigenvalue weighted by molar-refractivity contribution is 0.171. The first-order chi connectivity index (χ1) is 11.7. The summed E-state index contributed by atoms with van der Waals surface area (Å²) in [5.74, 6) is 3.13. The molecule has 1 aliphatic carbocycles. The maximum atomic E-state index is 5.74. The van der Waals surface area contributed by atoms with Gasteiger partial charge in [-0.3, -0.25) is 0 Å². The van der Waals surface area contributed by atoms with E-state index >= 15 is 0 Å². The van der Waals surface area contributed by atoms with Crippen LogP contribution in [0.4, 0.5) is 0 Å². The van der Waals surface area contributed by atoms with E-state index in [0.29, 0.717) is 19.1 Å². The van der Waals surface area contributed by atoms with Crippen molar-refractivity contribution in [1.82, 2.24) is 0 Å². The number of rotatable bonds is 3. The third kappa shape index (κ3) is 3.15. The maximum Gasteiger partial charge on any atom is 0.161 e. The SMILES string of the molecule is Cc1ccc2c(c1)CC(CC(C)c1ccc3c(c1)OCCO3)CC2. The average molecular weight is 322 g/mol. The molecule has 0 saturated heterocycles. The van der Waals surface area contributed by atoms with Crippen molar-refractivity contribution in [2.75, 3.05) is 13.2 Å². The van der Waals surface area contributed by atoms with E-state index in [1.165, 1.54) is 36.8 Å². The molecule has 0 bridgehead atoms. The number of aryl methyl sites for hydroxylation is 2. The van der Waals surface area contributed by atoms with Crippen molar-refractivity contribution in [3.05, 3.63) is 58.7 Å². The fourth-order valence-corrected chi connectivity index (χ4v) is 4.17. The second-order valence-electron chi connectivity index (χ2n) is 7.42. The smallest absolute Gasteiger partial charge is 0.161 e. The zero-order valence-corrected chi connectivity index (χ0v) is 14.7. The summed E-state index contributed by atoms with van der Waals surface area (Å²) in [7, 11) is 0. The summed E-state index contributed by atoms with van der Waals surface area (Å²) < 4.78 is 11.4. The predicted octanol–water partition coefficient (Wildman–Crippen LogP) is 5.06. The normalized spacial score (nSPS) is 20.3. The van der Waals surface area contributed by atoms with E-state index in [2.05, 4.69) is 50.2 Å². The van der Waals surface area contributed by atoms with E-state index in [1.807, 2.05) is 0 Å². The highest BCUT2D eigenvalue weighted by Gasteiger charge is 2.22. The molecule has 0 fully saturated rings. The number of fused-ring (bicyclic) bond motifs is 2.